The number of H-pyrrole nitrogens is 3. The molecular weight excluding hydrogens is 1290 g/mol. The Hall–Kier alpha value is -11.8. The number of nitrogens with zero attached hydrogens (tertiary/aromatic N) is 9. The van der Waals surface area contributed by atoms with Crippen molar-refractivity contribution < 1.29 is 0 Å². The second-order valence-corrected chi connectivity index (χ2v) is 28.1. The fraction of sp³-hybridized carbons (Fsp3) is 0.226. The average molecular weight is 1380 g/mol. The molecule has 0 unspecified atom stereocenters. The van der Waals surface area contributed by atoms with Gasteiger partial charge in [-0.25, -0.2) is 15.0 Å². The van der Waals surface area contributed by atoms with Crippen LogP contribution in [0.25, 0.3) is 33.8 Å². The highest BCUT2D eigenvalue weighted by atomic mass is 15.0. The molecule has 16 rings (SSSR count). The van der Waals surface area contributed by atoms with Crippen molar-refractivity contribution in [3.63, 3.8) is 0 Å². The van der Waals surface area contributed by atoms with Crippen LogP contribution in [0.3, 0.4) is 0 Å². The maximum absolute atomic E-state index is 5.95. The molecule has 4 aliphatic heterocycles. The fourth-order valence-corrected chi connectivity index (χ4v) is 16.0. The number of aliphatic imine (C=N–C) groups is 3. The number of aryl methyl sites for hydroxylation is 3. The summed E-state index contributed by atoms with van der Waals surface area (Å²) in [6.07, 6.45) is 23.6. The third kappa shape index (κ3) is 13.3. The number of fused-ring (bicyclic) bond motifs is 15. The average Bonchev–Trinajstić information content (AvgIpc) is 1.61. The van der Waals surface area contributed by atoms with Crippen LogP contribution in [0.2, 0.25) is 0 Å². The molecule has 0 atom stereocenters. The predicted molar refractivity (Wildman–Crippen MR) is 427 cm³/mol. The van der Waals surface area contributed by atoms with Gasteiger partial charge in [0.25, 0.3) is 0 Å². The van der Waals surface area contributed by atoms with E-state index in [-0.39, 0.29) is 0 Å². The summed E-state index contributed by atoms with van der Waals surface area (Å²) in [6.45, 7) is 15.3. The van der Waals surface area contributed by atoms with Gasteiger partial charge in [0.1, 0.15) is 0 Å². The van der Waals surface area contributed by atoms with Crippen molar-refractivity contribution in [2.24, 2.45) is 15.0 Å². The largest absolute Gasteiger partial charge is 0.353 e. The first kappa shape index (κ1) is 67.7. The van der Waals surface area contributed by atoms with Crippen LogP contribution < -0.4 is 32.1 Å². The van der Waals surface area contributed by atoms with Crippen molar-refractivity contribution in [1.82, 2.24) is 43.6 Å². The van der Waals surface area contributed by atoms with Gasteiger partial charge in [-0.15, -0.1) is 0 Å². The second-order valence-electron chi connectivity index (χ2n) is 28.1. The third-order valence-electron chi connectivity index (χ3n) is 20.7. The van der Waals surface area contributed by atoms with Crippen molar-refractivity contribution in [3.8, 4) is 0 Å². The zero-order valence-corrected chi connectivity index (χ0v) is 61.1. The lowest BCUT2D eigenvalue weighted by Gasteiger charge is -2.12. The lowest BCUT2D eigenvalue weighted by molar-refractivity contribution is 0.732. The van der Waals surface area contributed by atoms with Gasteiger partial charge in [-0.1, -0.05) is 189 Å². The Balaban J connectivity index is 1.11. The van der Waals surface area contributed by atoms with Gasteiger partial charge >= 0.3 is 0 Å². The van der Waals surface area contributed by atoms with E-state index in [0.29, 0.717) is 19.6 Å². The second kappa shape index (κ2) is 30.3. The van der Waals surface area contributed by atoms with E-state index >= 15 is 0 Å². The molecule has 0 saturated carbocycles. The molecule has 12 aromatic rings. The third-order valence-corrected chi connectivity index (χ3v) is 20.7. The van der Waals surface area contributed by atoms with Gasteiger partial charge in [0.05, 0.1) is 135 Å². The smallest absolute Gasteiger partial charge is 0.0877 e. The van der Waals surface area contributed by atoms with Gasteiger partial charge < -0.3 is 28.7 Å². The first-order chi connectivity index (χ1) is 51.8. The highest BCUT2D eigenvalue weighted by Crippen LogP contribution is 2.33. The first-order valence-corrected chi connectivity index (χ1v) is 38.0. The Labute approximate surface area is 612 Å². The fourth-order valence-electron chi connectivity index (χ4n) is 16.0. The molecule has 18 bridgehead atoms. The van der Waals surface area contributed by atoms with Crippen LogP contribution in [0.1, 0.15) is 150 Å². The van der Waals surface area contributed by atoms with Gasteiger partial charge in [-0.05, 0) is 198 Å². The van der Waals surface area contributed by atoms with Crippen molar-refractivity contribution in [2.75, 3.05) is 0 Å². The minimum absolute atomic E-state index is 0.527. The molecule has 522 valence electrons. The Morgan fingerprint density at radius 3 is 0.810 bits per heavy atom. The number of nitrogens with one attached hydrogen (secondary N) is 3. The molecule has 0 amide bonds. The number of rotatable bonds is 21. The molecule has 12 nitrogen and oxygen atoms in total. The summed E-state index contributed by atoms with van der Waals surface area (Å²) in [4.78, 5) is 45.4. The number of aromatic amines is 3. The molecule has 105 heavy (non-hydrogen) atoms. The standard InChI is InChI=1S/C93H90N12/c1-7-28-64-52-73-79-43-44-80(103(79)58-70-40-22-25-49-94-70)75-54-66(30-9-3)90(99-75)86(62-36-18-14-19-37-62)91-68(32-11-5)56-77(101-91)83-47-48-84(105(83)60-72-42-24-27-51-96-72)78-57-69(33-12-6)93(102-78)87(63-38-20-15-21-39-63)92-67(31-10-4)55-76(100-92)82-46-45-81(104(82)59-71-41-23-26-50-95-71)74-53-65(29-8-2)89(98-74)85(88(64)97-73)61-34-16-13-17-35-61/h13-27,34-57,97,100-101H,7-12,28-33,58-60H2,1-6H3. The molecule has 0 aliphatic carbocycles. The molecule has 9 aromatic heterocycles. The minimum Gasteiger partial charge on any atom is -0.353 e. The minimum atomic E-state index is 0.527. The number of pyridine rings is 3. The Kier molecular flexibility index (Phi) is 19.5. The van der Waals surface area contributed by atoms with Crippen molar-refractivity contribution >= 4 is 50.9 Å². The number of hydrogen-bond acceptors (Lipinski definition) is 6. The molecule has 13 heterocycles. The van der Waals surface area contributed by atoms with Gasteiger partial charge in [0.2, 0.25) is 0 Å². The highest BCUT2D eigenvalue weighted by molar-refractivity contribution is 6.36. The van der Waals surface area contributed by atoms with Crippen LogP contribution in [-0.2, 0) is 38.9 Å². The SMILES string of the molecule is CCCC1=CC2=c3ccc(n3Cc3ccccn3)=c3cc(CCC)c([nH]3)=C(c3ccccc3)C3=NC(=c4ccc(n4Cc4ccccn4)=c4cc(CCC)c([nH]4)=C(c4ccccc4)C4=NC(=c5ccc(n5Cc5ccccn5)=c5cc(CCC)c([nH]5)=C(c5ccccc5)C1=N2)C=C4CCC)C=C3CCC. The van der Waals surface area contributed by atoms with E-state index in [1.807, 2.05) is 36.8 Å². The summed E-state index contributed by atoms with van der Waals surface area (Å²) in [6, 6.07) is 72.4. The van der Waals surface area contributed by atoms with Crippen LogP contribution in [0.5, 0.6) is 0 Å². The van der Waals surface area contributed by atoms with Gasteiger partial charge in [0.15, 0.2) is 0 Å². The van der Waals surface area contributed by atoms with E-state index < -0.39 is 0 Å². The zero-order chi connectivity index (χ0) is 71.3. The predicted octanol–water partition coefficient (Wildman–Crippen LogP) is 15.0. The van der Waals surface area contributed by atoms with E-state index in [1.54, 1.807) is 0 Å². The molecule has 0 saturated heterocycles. The summed E-state index contributed by atoms with van der Waals surface area (Å²) >= 11 is 0. The molecule has 0 radical (unpaired) electrons. The lowest BCUT2D eigenvalue weighted by Crippen LogP contribution is -2.22. The number of aromatic nitrogens is 9. The van der Waals surface area contributed by atoms with Crippen LogP contribution in [0.4, 0.5) is 0 Å². The van der Waals surface area contributed by atoms with Crippen molar-refractivity contribution in [2.45, 2.75) is 138 Å². The Morgan fingerprint density at radius 2 is 0.552 bits per heavy atom. The summed E-state index contributed by atoms with van der Waals surface area (Å²) in [5, 5.41) is 12.5. The number of benzene rings is 3. The quantitative estimate of drug-likeness (QED) is 0.0660. The maximum Gasteiger partial charge on any atom is 0.0877 e. The van der Waals surface area contributed by atoms with E-state index in [4.69, 9.17) is 29.9 Å². The summed E-state index contributed by atoms with van der Waals surface area (Å²) in [7, 11) is 0. The van der Waals surface area contributed by atoms with E-state index in [1.165, 1.54) is 33.4 Å². The normalized spacial score (nSPS) is 14.2. The van der Waals surface area contributed by atoms with Crippen LogP contribution in [-0.4, -0.2) is 60.7 Å². The summed E-state index contributed by atoms with van der Waals surface area (Å²) in [5.74, 6) is 0. The van der Waals surface area contributed by atoms with Gasteiger partial charge in [-0.2, -0.15) is 0 Å². The molecule has 12 heteroatoms. The lowest BCUT2D eigenvalue weighted by atomic mass is 9.92. The zero-order valence-electron chi connectivity index (χ0n) is 61.1. The Bertz CT molecular complexity index is 5610. The van der Waals surface area contributed by atoms with Gasteiger partial charge in [-0.3, -0.25) is 15.0 Å². The van der Waals surface area contributed by atoms with Crippen LogP contribution in [0, 0.1) is 32.1 Å². The first-order valence-electron chi connectivity index (χ1n) is 38.0. The number of hydrogen-bond donors (Lipinski definition) is 3. The Morgan fingerprint density at radius 1 is 0.286 bits per heavy atom. The van der Waals surface area contributed by atoms with E-state index in [2.05, 4.69) is 270 Å². The summed E-state index contributed by atoms with van der Waals surface area (Å²) < 4.78 is 7.31. The van der Waals surface area contributed by atoms with Crippen LogP contribution >= 0.6 is 0 Å². The molecule has 0 fully saturated rings. The van der Waals surface area contributed by atoms with Crippen molar-refractivity contribution in [1.29, 1.82) is 0 Å². The summed E-state index contributed by atoms with van der Waals surface area (Å²) in [5.41, 5.74) is 22.5. The maximum atomic E-state index is 5.95. The van der Waals surface area contributed by atoms with E-state index in [9.17, 15) is 0 Å². The molecule has 3 aromatic carbocycles. The molecular formula is C93H90N12. The molecule has 3 N–H and O–H groups in total. The van der Waals surface area contributed by atoms with E-state index in [0.717, 1.165) is 226 Å². The highest BCUT2D eigenvalue weighted by Gasteiger charge is 2.28. The number of allylic oxidation sites excluding steroid dienone is 3. The van der Waals surface area contributed by atoms with Gasteiger partial charge in [0, 0.05) is 35.3 Å². The monoisotopic (exact) mass is 1370 g/mol. The van der Waals surface area contributed by atoms with Crippen LogP contribution in [0.15, 0.2) is 269 Å². The molecule has 0 spiro atoms. The van der Waals surface area contributed by atoms with Crippen molar-refractivity contribution in [3.05, 3.63) is 368 Å². The topological polar surface area (TPSA) is 138 Å². The molecule has 4 aliphatic rings.